The van der Waals surface area contributed by atoms with Crippen LogP contribution in [0, 0.1) is 0 Å². The molecule has 4 atom stereocenters. The van der Waals surface area contributed by atoms with E-state index >= 15 is 0 Å². The van der Waals surface area contributed by atoms with Crippen LogP contribution in [0.4, 0.5) is 44.7 Å². The second kappa shape index (κ2) is 22.1. The second-order valence-corrected chi connectivity index (χ2v) is 18.9. The van der Waals surface area contributed by atoms with E-state index in [1.165, 1.54) is 24.4 Å². The number of carboxylic acid groups (broad SMARTS) is 1. The van der Waals surface area contributed by atoms with Crippen molar-refractivity contribution < 1.29 is 78.5 Å². The molecule has 3 amide bonds. The van der Waals surface area contributed by atoms with Gasteiger partial charge in [0.05, 0.1) is 47.7 Å². The third-order valence-electron chi connectivity index (χ3n) is 11.0. The number of primary amides is 1. The first kappa shape index (κ1) is 55.8. The summed E-state index contributed by atoms with van der Waals surface area (Å²) < 4.78 is 115. The van der Waals surface area contributed by atoms with Gasteiger partial charge in [-0.25, -0.2) is 23.2 Å². The molecule has 2 saturated heterocycles. The summed E-state index contributed by atoms with van der Waals surface area (Å²) in [7, 11) is 0. The van der Waals surface area contributed by atoms with Gasteiger partial charge in [-0.05, 0) is 102 Å². The Morgan fingerprint density at radius 3 is 1.31 bits per heavy atom. The molecule has 2 fully saturated rings. The molecule has 0 saturated carbocycles. The number of ether oxygens (including phenoxy) is 2. The van der Waals surface area contributed by atoms with Crippen LogP contribution in [0.25, 0.3) is 22.5 Å². The van der Waals surface area contributed by atoms with E-state index in [1.54, 1.807) is 41.5 Å². The number of pyridine rings is 4. The molecule has 0 aliphatic carbocycles. The number of nitrogens with two attached hydrogens (primary N) is 1. The summed E-state index contributed by atoms with van der Waals surface area (Å²) in [6.45, 7) is 9.35. The van der Waals surface area contributed by atoms with Gasteiger partial charge in [-0.15, -0.1) is 0 Å². The molecule has 2 aliphatic rings. The summed E-state index contributed by atoms with van der Waals surface area (Å²) in [4.78, 5) is 91.3. The first-order valence-corrected chi connectivity index (χ1v) is 22.2. The fourth-order valence-electron chi connectivity index (χ4n) is 7.64. The van der Waals surface area contributed by atoms with E-state index < -0.39 is 95.0 Å². The van der Waals surface area contributed by atoms with E-state index in [9.17, 15) is 69.0 Å². The molecular formula is C48H51F8N7O9. The maximum Gasteiger partial charge on any atom is 0.433 e. The van der Waals surface area contributed by atoms with Gasteiger partial charge in [0.25, 0.3) is 5.91 Å². The van der Waals surface area contributed by atoms with Crippen molar-refractivity contribution in [2.75, 3.05) is 13.1 Å². The lowest BCUT2D eigenvalue weighted by atomic mass is 9.97. The van der Waals surface area contributed by atoms with Gasteiger partial charge in [-0.2, -0.15) is 26.3 Å². The summed E-state index contributed by atoms with van der Waals surface area (Å²) >= 11 is 0. The number of Topliss-reactive ketones (excluding diaryl/α,β-unsaturated/α-hetero) is 2. The number of alkyl halides is 8. The Morgan fingerprint density at radius 1 is 0.611 bits per heavy atom. The number of carbonyl (C=O) groups excluding carboxylic acids is 5. The number of hydrogen-bond acceptors (Lipinski definition) is 12. The molecule has 0 bridgehead atoms. The van der Waals surface area contributed by atoms with Crippen LogP contribution in [0.15, 0.2) is 61.2 Å². The zero-order valence-corrected chi connectivity index (χ0v) is 39.7. The molecule has 6 rings (SSSR count). The van der Waals surface area contributed by atoms with Crippen molar-refractivity contribution in [1.29, 1.82) is 0 Å². The van der Waals surface area contributed by atoms with Crippen LogP contribution < -0.4 is 5.73 Å². The largest absolute Gasteiger partial charge is 0.478 e. The van der Waals surface area contributed by atoms with Gasteiger partial charge in [0.15, 0.2) is 11.6 Å². The Labute approximate surface area is 407 Å². The number of likely N-dealkylation sites (tertiary alicyclic amines) is 2. The van der Waals surface area contributed by atoms with Crippen molar-refractivity contribution in [3.05, 3.63) is 94.8 Å². The number of ketones is 2. The number of aromatic carboxylic acids is 1. The van der Waals surface area contributed by atoms with Crippen LogP contribution in [-0.2, 0) is 44.3 Å². The molecule has 72 heavy (non-hydrogen) atoms. The van der Waals surface area contributed by atoms with Crippen LogP contribution in [0.3, 0.4) is 0 Å². The van der Waals surface area contributed by atoms with Crippen molar-refractivity contribution in [1.82, 2.24) is 29.7 Å². The number of aromatic nitrogens is 4. The van der Waals surface area contributed by atoms with Crippen LogP contribution in [-0.4, -0.2) is 119 Å². The van der Waals surface area contributed by atoms with Crippen molar-refractivity contribution >= 4 is 35.6 Å². The highest BCUT2D eigenvalue weighted by molar-refractivity contribution is 5.95. The number of nitrogens with zero attached hydrogens (tertiary/aromatic N) is 6. The molecule has 3 N–H and O–H groups in total. The van der Waals surface area contributed by atoms with E-state index in [4.69, 9.17) is 15.2 Å². The maximum absolute atomic E-state index is 14.1. The molecule has 0 aromatic carbocycles. The zero-order valence-electron chi connectivity index (χ0n) is 39.7. The average Bonchev–Trinajstić information content (AvgIpc) is 3.88. The van der Waals surface area contributed by atoms with Gasteiger partial charge < -0.3 is 20.3 Å². The molecular weight excluding hydrogens is 971 g/mol. The SMILES string of the molecule is CC(C)(C)OC(=O)N1C[C@H](F)C[C@H]1C(=O)CCc1cc(-c2ccc(C(F)(F)F)nc2)ncc1C(=O)O.CC(C)(C)OC(=O)N1C[C@H](F)C[C@H]1C(=O)CCc1cc(-c2ccc(C(F)(F)F)nc2)ncc1C(N)=O. The number of rotatable bonds is 12. The van der Waals surface area contributed by atoms with Crippen LogP contribution in [0.5, 0.6) is 0 Å². The second-order valence-electron chi connectivity index (χ2n) is 18.9. The quantitative estimate of drug-likeness (QED) is 0.127. The highest BCUT2D eigenvalue weighted by Gasteiger charge is 2.43. The number of hydrogen-bond donors (Lipinski definition) is 2. The van der Waals surface area contributed by atoms with Gasteiger partial charge in [-0.1, -0.05) is 0 Å². The van der Waals surface area contributed by atoms with Gasteiger partial charge in [-0.3, -0.25) is 44.1 Å². The fraction of sp³-hybridized carbons (Fsp3) is 0.458. The minimum absolute atomic E-state index is 0.0102. The average molecular weight is 1020 g/mol. The Bertz CT molecular complexity index is 2470. The van der Waals surface area contributed by atoms with E-state index in [0.29, 0.717) is 5.56 Å². The van der Waals surface area contributed by atoms with Crippen LogP contribution in [0.1, 0.15) is 110 Å². The number of halogens is 8. The summed E-state index contributed by atoms with van der Waals surface area (Å²) in [5.41, 5.74) is 2.87. The number of carboxylic acids is 1. The zero-order chi connectivity index (χ0) is 53.7. The van der Waals surface area contributed by atoms with E-state index in [2.05, 4.69) is 19.9 Å². The third kappa shape index (κ3) is 14.9. The Morgan fingerprint density at radius 2 is 0.986 bits per heavy atom. The highest BCUT2D eigenvalue weighted by Crippen LogP contribution is 2.32. The van der Waals surface area contributed by atoms with Crippen LogP contribution in [0.2, 0.25) is 0 Å². The lowest BCUT2D eigenvalue weighted by molar-refractivity contribution is -0.141. The van der Waals surface area contributed by atoms with Crippen molar-refractivity contribution in [2.24, 2.45) is 5.73 Å². The van der Waals surface area contributed by atoms with Gasteiger partial charge in [0.1, 0.15) is 34.9 Å². The number of carbonyl (C=O) groups is 6. The van der Waals surface area contributed by atoms with Crippen LogP contribution >= 0.6 is 0 Å². The van der Waals surface area contributed by atoms with Crippen molar-refractivity contribution in [3.63, 3.8) is 0 Å². The van der Waals surface area contributed by atoms with Gasteiger partial charge in [0, 0.05) is 61.6 Å². The maximum atomic E-state index is 14.1. The monoisotopic (exact) mass is 1020 g/mol. The summed E-state index contributed by atoms with van der Waals surface area (Å²) in [6, 6.07) is 4.66. The highest BCUT2D eigenvalue weighted by atomic mass is 19.4. The first-order valence-electron chi connectivity index (χ1n) is 22.2. The number of aryl methyl sites for hydroxylation is 2. The van der Waals surface area contributed by atoms with E-state index in [1.807, 2.05) is 0 Å². The molecule has 4 aromatic rings. The topological polar surface area (TPSA) is 225 Å². The Balaban J connectivity index is 0.000000267. The van der Waals surface area contributed by atoms with Gasteiger partial charge in [0.2, 0.25) is 0 Å². The van der Waals surface area contributed by atoms with Crippen molar-refractivity contribution in [3.8, 4) is 22.5 Å². The molecule has 24 heteroatoms. The molecule has 388 valence electrons. The molecule has 0 unspecified atom stereocenters. The predicted octanol–water partition coefficient (Wildman–Crippen LogP) is 8.82. The normalized spacial score (nSPS) is 18.2. The summed E-state index contributed by atoms with van der Waals surface area (Å²) in [5, 5.41) is 9.51. The first-order chi connectivity index (χ1) is 33.3. The molecule has 4 aromatic heterocycles. The smallest absolute Gasteiger partial charge is 0.433 e. The number of amides is 3. The lowest BCUT2D eigenvalue weighted by Crippen LogP contribution is -2.43. The third-order valence-corrected chi connectivity index (χ3v) is 11.0. The van der Waals surface area contributed by atoms with Crippen molar-refractivity contribution in [2.45, 2.75) is 128 Å². The molecule has 0 radical (unpaired) electrons. The molecule has 6 heterocycles. The fourth-order valence-corrected chi connectivity index (χ4v) is 7.64. The predicted molar refractivity (Wildman–Crippen MR) is 240 cm³/mol. The summed E-state index contributed by atoms with van der Waals surface area (Å²) in [6.07, 6.45) is -10.2. The summed E-state index contributed by atoms with van der Waals surface area (Å²) in [5.74, 6) is -3.00. The molecule has 0 spiro atoms. The minimum Gasteiger partial charge on any atom is -0.478 e. The molecule has 2 aliphatic heterocycles. The lowest BCUT2D eigenvalue weighted by Gasteiger charge is -2.27. The standard InChI is InChI=1S/C24H26F4N4O4.C24H25F4N3O5/c1-23(2,3)36-22(35)32-12-15(25)9-18(32)19(33)6-4-13-8-17(30-11-16(13)21(29)34)14-5-7-20(31-10-14)24(26,27)28;1-23(2,3)36-22(35)31-12-15(25)9-18(31)19(32)6-4-13-8-17(29-11-16(13)21(33)34)14-5-7-20(30-10-14)24(26,27)28/h5,7-8,10-11,15,18H,4,6,9,12H2,1-3H3,(H2,29,34);5,7-8,10-11,15,18H,4,6,9,12H2,1-3H3,(H,33,34)/t2*15-,18+/m11/s1. The molecule has 16 nitrogen and oxygen atoms in total. The Hall–Kier alpha value is -7.14. The van der Waals surface area contributed by atoms with Gasteiger partial charge >= 0.3 is 30.5 Å². The Kier molecular flexibility index (Phi) is 17.1. The van der Waals surface area contributed by atoms with E-state index in [0.717, 1.165) is 46.6 Å². The van der Waals surface area contributed by atoms with E-state index in [-0.39, 0.29) is 90.8 Å². The minimum atomic E-state index is -4.61.